The summed E-state index contributed by atoms with van der Waals surface area (Å²) in [5.74, 6) is -0.458. The van der Waals surface area contributed by atoms with Crippen molar-refractivity contribution < 1.29 is 17.6 Å². The van der Waals surface area contributed by atoms with Crippen LogP contribution in [0, 0.1) is 17.1 Å². The number of benzene rings is 1. The van der Waals surface area contributed by atoms with Crippen LogP contribution in [-0.4, -0.2) is 0 Å². The fraction of sp³-hybridized carbons (Fsp3) is 0. The summed E-state index contributed by atoms with van der Waals surface area (Å²) in [5, 5.41) is 8.23. The molecule has 0 aliphatic carbocycles. The summed E-state index contributed by atoms with van der Waals surface area (Å²) in [6.45, 7) is 0. The zero-order chi connectivity index (χ0) is 9.40. The van der Waals surface area contributed by atoms with E-state index in [9.17, 15) is 4.39 Å². The van der Waals surface area contributed by atoms with E-state index in [2.05, 4.69) is 27.2 Å². The van der Waals surface area contributed by atoms with E-state index in [0.29, 0.717) is 0 Å². The van der Waals surface area contributed by atoms with Crippen LogP contribution in [0.5, 0.6) is 0 Å². The van der Waals surface area contributed by atoms with E-state index >= 15 is 0 Å². The quantitative estimate of drug-likeness (QED) is 0.661. The molecule has 0 heterocycles. The number of nitriles is 1. The second-order valence-corrected chi connectivity index (χ2v) is 15.8. The van der Waals surface area contributed by atoms with Crippen LogP contribution >= 0.6 is 27.2 Å². The molecule has 1 rings (SSSR count). The fourth-order valence-electron chi connectivity index (χ4n) is 0.552. The molecule has 0 saturated carbocycles. The Labute approximate surface area is 91.3 Å². The summed E-state index contributed by atoms with van der Waals surface area (Å²) >= 11 is 6.25. The molecule has 60 valence electrons. The van der Waals surface area contributed by atoms with E-state index < -0.39 is 5.82 Å². The summed E-state index contributed by atoms with van der Waals surface area (Å²) < 4.78 is 12.4. The van der Waals surface area contributed by atoms with Crippen LogP contribution in [0.4, 0.5) is 4.39 Å². The molecular weight excluding hydrogens is 342 g/mol. The molecule has 0 N–H and O–H groups in total. The van der Waals surface area contributed by atoms with Gasteiger partial charge in [-0.2, -0.15) is 5.26 Å². The first kappa shape index (κ1) is 12.2. The number of rotatable bonds is 0. The molecule has 0 fully saturated rings. The molecule has 0 aliphatic rings. The van der Waals surface area contributed by atoms with Crippen LogP contribution in [-0.2, 0) is 13.2 Å². The van der Waals surface area contributed by atoms with Gasteiger partial charge < -0.3 is 0 Å². The van der Waals surface area contributed by atoms with Crippen LogP contribution in [0.25, 0.3) is 0 Å². The molecule has 1 aromatic rings. The Morgan fingerprint density at radius 1 is 1.33 bits per heavy atom. The van der Waals surface area contributed by atoms with Gasteiger partial charge in [0.05, 0.1) is 5.56 Å². The van der Waals surface area contributed by atoms with Gasteiger partial charge in [-0.15, -0.1) is 0 Å². The van der Waals surface area contributed by atoms with Gasteiger partial charge in [0.2, 0.25) is 0 Å². The van der Waals surface area contributed by atoms with Crippen LogP contribution in [0.2, 0.25) is 0 Å². The minimum atomic E-state index is -0.458. The van der Waals surface area contributed by atoms with Gasteiger partial charge >= 0.3 is 40.5 Å². The van der Waals surface area contributed by atoms with Crippen molar-refractivity contribution in [2.24, 2.45) is 0 Å². The van der Waals surface area contributed by atoms with Gasteiger partial charge in [-0.25, -0.2) is 4.39 Å². The maximum absolute atomic E-state index is 12.4. The van der Waals surface area contributed by atoms with Crippen molar-refractivity contribution in [3.05, 3.63) is 35.6 Å². The number of nitrogens with zero attached hydrogens (tertiary/aromatic N) is 1. The van der Waals surface area contributed by atoms with Crippen molar-refractivity contribution in [3.8, 4) is 6.07 Å². The van der Waals surface area contributed by atoms with Crippen molar-refractivity contribution in [3.63, 3.8) is 0 Å². The Morgan fingerprint density at radius 3 is 2.17 bits per heavy atom. The Bertz CT molecular complexity index is 274. The van der Waals surface area contributed by atoms with Gasteiger partial charge in [0.15, 0.2) is 0 Å². The maximum atomic E-state index is 12.4. The van der Waals surface area contributed by atoms with Gasteiger partial charge in [-0.1, -0.05) is 12.1 Å². The Morgan fingerprint density at radius 2 is 1.83 bits per heavy atom. The predicted molar refractivity (Wildman–Crippen MR) is 49.0 cm³/mol. The number of hydrogen-bond acceptors (Lipinski definition) is 1. The molecule has 0 unspecified atom stereocenters. The molecule has 0 atom stereocenters. The van der Waals surface area contributed by atoms with Crippen molar-refractivity contribution >= 4 is 27.2 Å². The molecular formula is C7H4Br2FNZn. The van der Waals surface area contributed by atoms with Crippen molar-refractivity contribution in [1.82, 2.24) is 0 Å². The Hall–Kier alpha value is 0.223. The van der Waals surface area contributed by atoms with Gasteiger partial charge in [-0.3, -0.25) is 0 Å². The van der Waals surface area contributed by atoms with E-state index in [0.717, 1.165) is 0 Å². The molecule has 12 heavy (non-hydrogen) atoms. The molecule has 5 heteroatoms. The first-order chi connectivity index (χ1) is 5.76. The van der Waals surface area contributed by atoms with E-state index in [-0.39, 0.29) is 18.8 Å². The third-order valence-electron chi connectivity index (χ3n) is 0.994. The molecule has 0 aliphatic heterocycles. The summed E-state index contributed by atoms with van der Waals surface area (Å²) in [6.07, 6.45) is 0. The van der Waals surface area contributed by atoms with Crippen LogP contribution < -0.4 is 0 Å². The third kappa shape index (κ3) is 4.97. The second-order valence-electron chi connectivity index (χ2n) is 1.69. The molecule has 1 nitrogen and oxygen atoms in total. The average molecular weight is 346 g/mol. The fourth-order valence-corrected chi connectivity index (χ4v) is 0.552. The first-order valence-electron chi connectivity index (χ1n) is 3.02. The number of hydrogen-bond donors (Lipinski definition) is 0. The summed E-state index contributed by atoms with van der Waals surface area (Å²) in [5.41, 5.74) is 0.0949. The van der Waals surface area contributed by atoms with Crippen molar-refractivity contribution in [2.75, 3.05) is 0 Å². The average Bonchev–Trinajstić information content (AvgIpc) is 2.07. The number of halogens is 3. The SMILES string of the molecule is N#Cc1ccccc1F.[Br][Zn][Br]. The topological polar surface area (TPSA) is 23.8 Å². The third-order valence-corrected chi connectivity index (χ3v) is 0.994. The van der Waals surface area contributed by atoms with Crippen molar-refractivity contribution in [2.45, 2.75) is 0 Å². The minimum absolute atomic E-state index is 0.0949. The van der Waals surface area contributed by atoms with Gasteiger partial charge in [-0.05, 0) is 12.1 Å². The Kier molecular flexibility index (Phi) is 8.00. The molecule has 1 aromatic carbocycles. The zero-order valence-corrected chi connectivity index (χ0v) is 12.2. The van der Waals surface area contributed by atoms with E-state index in [4.69, 9.17) is 5.26 Å². The standard InChI is InChI=1S/C7H4FN.2BrH.Zn/c8-7-4-2-1-3-6(7)5-9;;;/h1-4H;2*1H;/q;;;+2/p-2. The van der Waals surface area contributed by atoms with Crippen LogP contribution in [0.3, 0.4) is 0 Å². The molecule has 0 amide bonds. The van der Waals surface area contributed by atoms with Crippen molar-refractivity contribution in [1.29, 1.82) is 5.26 Å². The van der Waals surface area contributed by atoms with Gasteiger partial charge in [0.1, 0.15) is 11.9 Å². The normalized spacial score (nSPS) is 7.17. The zero-order valence-electron chi connectivity index (χ0n) is 6.10. The van der Waals surface area contributed by atoms with E-state index in [1.54, 1.807) is 18.2 Å². The predicted octanol–water partition coefficient (Wildman–Crippen LogP) is 3.39. The second kappa shape index (κ2) is 7.85. The summed E-state index contributed by atoms with van der Waals surface area (Å²) in [6, 6.07) is 7.60. The Balaban J connectivity index is 0.000000354. The van der Waals surface area contributed by atoms with Crippen LogP contribution in [0.15, 0.2) is 24.3 Å². The molecule has 0 aromatic heterocycles. The summed E-state index contributed by atoms with van der Waals surface area (Å²) in [4.78, 5) is 0. The van der Waals surface area contributed by atoms with Crippen LogP contribution in [0.1, 0.15) is 5.56 Å². The molecule has 0 bridgehead atoms. The molecule has 0 saturated heterocycles. The van der Waals surface area contributed by atoms with E-state index in [1.807, 2.05) is 0 Å². The molecule has 0 spiro atoms. The van der Waals surface area contributed by atoms with E-state index in [1.165, 1.54) is 12.1 Å². The first-order valence-corrected chi connectivity index (χ1v) is 16.9. The van der Waals surface area contributed by atoms with Gasteiger partial charge in [0, 0.05) is 0 Å². The summed E-state index contributed by atoms with van der Waals surface area (Å²) in [7, 11) is 0. The van der Waals surface area contributed by atoms with Gasteiger partial charge in [0.25, 0.3) is 0 Å². The molecule has 0 radical (unpaired) electrons. The monoisotopic (exact) mass is 343 g/mol.